The molecular formula is C16H33FN2O5. The SMILES string of the molecule is CC.CC(=O)NCC(F)COCCOCCNC(=O)COC(C)C. The molecule has 144 valence electrons. The van der Waals surface area contributed by atoms with E-state index in [9.17, 15) is 14.0 Å². The number of amides is 2. The van der Waals surface area contributed by atoms with Gasteiger partial charge in [0.2, 0.25) is 11.8 Å². The van der Waals surface area contributed by atoms with E-state index < -0.39 is 6.17 Å². The third-order valence-electron chi connectivity index (χ3n) is 2.36. The van der Waals surface area contributed by atoms with E-state index in [2.05, 4.69) is 10.6 Å². The van der Waals surface area contributed by atoms with Crippen molar-refractivity contribution in [1.29, 1.82) is 0 Å². The molecule has 0 saturated heterocycles. The Balaban J connectivity index is 0. The van der Waals surface area contributed by atoms with Gasteiger partial charge in [-0.3, -0.25) is 9.59 Å². The zero-order chi connectivity index (χ0) is 18.8. The van der Waals surface area contributed by atoms with Crippen LogP contribution in [0.3, 0.4) is 0 Å². The first kappa shape index (κ1) is 25.0. The molecule has 2 amide bonds. The molecule has 0 aromatic heterocycles. The minimum absolute atomic E-state index is 0.0177. The molecule has 0 aromatic rings. The van der Waals surface area contributed by atoms with E-state index in [1.54, 1.807) is 0 Å². The molecule has 0 aliphatic carbocycles. The Bertz CT molecular complexity index is 317. The van der Waals surface area contributed by atoms with Gasteiger partial charge in [-0.05, 0) is 13.8 Å². The Hall–Kier alpha value is -1.25. The number of alkyl halides is 1. The molecule has 2 N–H and O–H groups in total. The van der Waals surface area contributed by atoms with Crippen LogP contribution in [-0.4, -0.2) is 70.2 Å². The molecule has 0 rings (SSSR count). The highest BCUT2D eigenvalue weighted by atomic mass is 19.1. The first-order valence-electron chi connectivity index (χ1n) is 8.34. The Kier molecular flexibility index (Phi) is 18.8. The lowest BCUT2D eigenvalue weighted by molar-refractivity contribution is -0.127. The maximum Gasteiger partial charge on any atom is 0.246 e. The molecule has 0 fully saturated rings. The number of nitrogens with one attached hydrogen (secondary N) is 2. The smallest absolute Gasteiger partial charge is 0.246 e. The van der Waals surface area contributed by atoms with E-state index >= 15 is 0 Å². The van der Waals surface area contributed by atoms with E-state index in [1.807, 2.05) is 27.7 Å². The van der Waals surface area contributed by atoms with Gasteiger partial charge in [0.25, 0.3) is 0 Å². The fourth-order valence-electron chi connectivity index (χ4n) is 1.30. The van der Waals surface area contributed by atoms with E-state index in [0.717, 1.165) is 0 Å². The van der Waals surface area contributed by atoms with Crippen molar-refractivity contribution >= 4 is 11.8 Å². The molecule has 0 bridgehead atoms. The van der Waals surface area contributed by atoms with Crippen molar-refractivity contribution in [2.75, 3.05) is 46.1 Å². The van der Waals surface area contributed by atoms with Gasteiger partial charge in [-0.15, -0.1) is 0 Å². The van der Waals surface area contributed by atoms with E-state index in [0.29, 0.717) is 19.8 Å². The average molecular weight is 352 g/mol. The normalized spacial score (nSPS) is 11.5. The maximum atomic E-state index is 13.2. The van der Waals surface area contributed by atoms with Crippen molar-refractivity contribution in [2.24, 2.45) is 0 Å². The molecule has 0 radical (unpaired) electrons. The summed E-state index contributed by atoms with van der Waals surface area (Å²) in [6.07, 6.45) is -1.21. The number of carbonyl (C=O) groups excluding carboxylic acids is 2. The average Bonchev–Trinajstić information content (AvgIpc) is 2.55. The van der Waals surface area contributed by atoms with E-state index in [4.69, 9.17) is 14.2 Å². The third kappa shape index (κ3) is 20.8. The predicted molar refractivity (Wildman–Crippen MR) is 90.7 cm³/mol. The van der Waals surface area contributed by atoms with Crippen LogP contribution in [0.2, 0.25) is 0 Å². The minimum Gasteiger partial charge on any atom is -0.377 e. The van der Waals surface area contributed by atoms with Crippen LogP contribution in [-0.2, 0) is 23.8 Å². The summed E-state index contributed by atoms with van der Waals surface area (Å²) >= 11 is 0. The van der Waals surface area contributed by atoms with Crippen LogP contribution in [0.25, 0.3) is 0 Å². The molecule has 0 aliphatic rings. The Morgan fingerprint density at radius 2 is 1.67 bits per heavy atom. The summed E-state index contributed by atoms with van der Waals surface area (Å²) in [5.74, 6) is -0.460. The fourth-order valence-corrected chi connectivity index (χ4v) is 1.30. The quantitative estimate of drug-likeness (QED) is 0.484. The van der Waals surface area contributed by atoms with Gasteiger partial charge in [0.1, 0.15) is 12.8 Å². The summed E-state index contributed by atoms with van der Waals surface area (Å²) in [6.45, 7) is 10.2. The molecule has 0 aliphatic heterocycles. The second kappa shape index (κ2) is 18.1. The van der Waals surface area contributed by atoms with Crippen LogP contribution < -0.4 is 10.6 Å². The molecule has 0 aromatic carbocycles. The monoisotopic (exact) mass is 352 g/mol. The van der Waals surface area contributed by atoms with E-state index in [-0.39, 0.29) is 44.3 Å². The van der Waals surface area contributed by atoms with Crippen molar-refractivity contribution < 1.29 is 28.2 Å². The van der Waals surface area contributed by atoms with Crippen LogP contribution in [0.5, 0.6) is 0 Å². The second-order valence-corrected chi connectivity index (χ2v) is 4.93. The molecule has 0 spiro atoms. The predicted octanol–water partition coefficient (Wildman–Crippen LogP) is 1.06. The number of hydrogen-bond donors (Lipinski definition) is 2. The van der Waals surface area contributed by atoms with Crippen LogP contribution in [0.15, 0.2) is 0 Å². The van der Waals surface area contributed by atoms with Gasteiger partial charge in [0, 0.05) is 13.5 Å². The number of hydrogen-bond acceptors (Lipinski definition) is 5. The summed E-state index contributed by atoms with van der Waals surface area (Å²) in [4.78, 5) is 21.8. The molecular weight excluding hydrogens is 319 g/mol. The van der Waals surface area contributed by atoms with Crippen molar-refractivity contribution in [3.63, 3.8) is 0 Å². The Morgan fingerprint density at radius 1 is 1.04 bits per heavy atom. The second-order valence-electron chi connectivity index (χ2n) is 4.93. The van der Waals surface area contributed by atoms with Crippen LogP contribution in [0, 0.1) is 0 Å². The summed E-state index contributed by atoms with van der Waals surface area (Å²) in [5.41, 5.74) is 0. The summed E-state index contributed by atoms with van der Waals surface area (Å²) in [6, 6.07) is 0. The standard InChI is InChI=1S/C14H27FN2O5.C2H6/c1-11(2)22-10-14(19)16-4-5-20-6-7-21-9-13(15)8-17-12(3)18;1-2/h11,13H,4-10H2,1-3H3,(H,16,19)(H,17,18);1-2H3. The van der Waals surface area contributed by atoms with Crippen molar-refractivity contribution in [3.05, 3.63) is 0 Å². The van der Waals surface area contributed by atoms with Crippen LogP contribution >= 0.6 is 0 Å². The number of halogens is 1. The van der Waals surface area contributed by atoms with Gasteiger partial charge in [-0.25, -0.2) is 4.39 Å². The summed E-state index contributed by atoms with van der Waals surface area (Å²) < 4.78 is 28.6. The molecule has 1 unspecified atom stereocenters. The van der Waals surface area contributed by atoms with Gasteiger partial charge in [0.15, 0.2) is 0 Å². The van der Waals surface area contributed by atoms with Crippen molar-refractivity contribution in [3.8, 4) is 0 Å². The lowest BCUT2D eigenvalue weighted by Crippen LogP contribution is -2.32. The number of carbonyl (C=O) groups is 2. The lowest BCUT2D eigenvalue weighted by Gasteiger charge is -2.10. The highest BCUT2D eigenvalue weighted by molar-refractivity contribution is 5.77. The number of ether oxygens (including phenoxy) is 3. The summed E-state index contributed by atoms with van der Waals surface area (Å²) in [7, 11) is 0. The largest absolute Gasteiger partial charge is 0.377 e. The van der Waals surface area contributed by atoms with Gasteiger partial charge in [-0.2, -0.15) is 0 Å². The molecule has 1 atom stereocenters. The molecule has 8 heteroatoms. The highest BCUT2D eigenvalue weighted by Gasteiger charge is 2.07. The van der Waals surface area contributed by atoms with E-state index in [1.165, 1.54) is 6.92 Å². The van der Waals surface area contributed by atoms with Crippen molar-refractivity contribution in [2.45, 2.75) is 46.9 Å². The third-order valence-corrected chi connectivity index (χ3v) is 2.36. The topological polar surface area (TPSA) is 85.9 Å². The van der Waals surface area contributed by atoms with Gasteiger partial charge in [-0.1, -0.05) is 13.8 Å². The zero-order valence-corrected chi connectivity index (χ0v) is 15.5. The Morgan fingerprint density at radius 3 is 2.25 bits per heavy atom. The first-order valence-corrected chi connectivity index (χ1v) is 8.34. The van der Waals surface area contributed by atoms with Crippen LogP contribution in [0.4, 0.5) is 4.39 Å². The minimum atomic E-state index is -1.23. The van der Waals surface area contributed by atoms with Gasteiger partial charge in [0.05, 0.1) is 39.1 Å². The maximum absolute atomic E-state index is 13.2. The highest BCUT2D eigenvalue weighted by Crippen LogP contribution is 1.91. The molecule has 24 heavy (non-hydrogen) atoms. The fraction of sp³-hybridized carbons (Fsp3) is 0.875. The zero-order valence-electron chi connectivity index (χ0n) is 15.5. The number of rotatable bonds is 13. The first-order chi connectivity index (χ1) is 11.4. The Labute approximate surface area is 144 Å². The van der Waals surface area contributed by atoms with Crippen LogP contribution in [0.1, 0.15) is 34.6 Å². The lowest BCUT2D eigenvalue weighted by atomic mass is 10.4. The van der Waals surface area contributed by atoms with Gasteiger partial charge < -0.3 is 24.8 Å². The molecule has 7 nitrogen and oxygen atoms in total. The molecule has 0 heterocycles. The van der Waals surface area contributed by atoms with Crippen molar-refractivity contribution in [1.82, 2.24) is 10.6 Å². The molecule has 0 saturated carbocycles. The van der Waals surface area contributed by atoms with Gasteiger partial charge >= 0.3 is 0 Å². The summed E-state index contributed by atoms with van der Waals surface area (Å²) in [5, 5.41) is 5.01.